The minimum atomic E-state index is -4.38. The van der Waals surface area contributed by atoms with E-state index in [0.29, 0.717) is 17.4 Å². The molecule has 2 unspecified atom stereocenters. The van der Waals surface area contributed by atoms with Crippen molar-refractivity contribution in [2.45, 2.75) is 225 Å². The molecule has 0 fully saturated rings. The third kappa shape index (κ3) is 47.4. The lowest BCUT2D eigenvalue weighted by Gasteiger charge is -2.24. The number of hydrogen-bond acceptors (Lipinski definition) is 7. The molecule has 2 atom stereocenters. The number of carbonyl (C=O) groups is 2. The lowest BCUT2D eigenvalue weighted by atomic mass is 10.0. The van der Waals surface area contributed by atoms with E-state index in [9.17, 15) is 19.0 Å². The summed E-state index contributed by atoms with van der Waals surface area (Å²) in [6.45, 7) is 4.37. The summed E-state index contributed by atoms with van der Waals surface area (Å²) >= 11 is 0. The van der Waals surface area contributed by atoms with Crippen LogP contribution in [0, 0.1) is 0 Å². The second-order valence-corrected chi connectivity index (χ2v) is 19.6. The lowest BCUT2D eigenvalue weighted by molar-refractivity contribution is -0.870. The maximum atomic E-state index is 12.7. The SMILES string of the molecule is CCCC/C=C\CCCCCCCC(=O)OCC(COP(=O)(O)OCC[N+](C)(C)C)OC(=O)CCCCCCCCCCCCCC/C=C\C/C=C\C/C=C\CCCCCCC. The fraction of sp³-hybridized carbons (Fsp3) is 0.808. The molecule has 0 rings (SSSR count). The van der Waals surface area contributed by atoms with E-state index in [1.54, 1.807) is 0 Å². The Kier molecular flexibility index (Phi) is 42.7. The Labute approximate surface area is 382 Å². The molecule has 10 heteroatoms. The average molecular weight is 895 g/mol. The highest BCUT2D eigenvalue weighted by Crippen LogP contribution is 2.43. The lowest BCUT2D eigenvalue weighted by Crippen LogP contribution is -2.37. The van der Waals surface area contributed by atoms with Gasteiger partial charge in [0.15, 0.2) is 6.10 Å². The van der Waals surface area contributed by atoms with Crippen LogP contribution in [0.1, 0.15) is 219 Å². The van der Waals surface area contributed by atoms with Crippen LogP contribution in [0.25, 0.3) is 0 Å². The largest absolute Gasteiger partial charge is 0.472 e. The molecule has 0 aromatic rings. The van der Waals surface area contributed by atoms with Gasteiger partial charge in [-0.15, -0.1) is 0 Å². The highest BCUT2D eigenvalue weighted by molar-refractivity contribution is 7.47. The Morgan fingerprint density at radius 3 is 1.35 bits per heavy atom. The first kappa shape index (κ1) is 60.0. The second kappa shape index (κ2) is 44.2. The summed E-state index contributed by atoms with van der Waals surface area (Å²) in [6, 6.07) is 0. The topological polar surface area (TPSA) is 108 Å². The van der Waals surface area contributed by atoms with Crippen LogP contribution < -0.4 is 0 Å². The number of esters is 2. The van der Waals surface area contributed by atoms with Crippen molar-refractivity contribution in [1.29, 1.82) is 0 Å². The second-order valence-electron chi connectivity index (χ2n) is 18.2. The molecule has 1 N–H and O–H groups in total. The zero-order valence-electron chi connectivity index (χ0n) is 40.9. The van der Waals surface area contributed by atoms with Gasteiger partial charge in [0.25, 0.3) is 0 Å². The van der Waals surface area contributed by atoms with Crippen LogP contribution in [0.2, 0.25) is 0 Å². The summed E-state index contributed by atoms with van der Waals surface area (Å²) in [5.41, 5.74) is 0. The van der Waals surface area contributed by atoms with Crippen molar-refractivity contribution >= 4 is 19.8 Å². The van der Waals surface area contributed by atoms with Gasteiger partial charge in [0.2, 0.25) is 0 Å². The van der Waals surface area contributed by atoms with Crippen LogP contribution in [-0.4, -0.2) is 74.9 Å². The average Bonchev–Trinajstić information content (AvgIpc) is 3.23. The van der Waals surface area contributed by atoms with E-state index in [4.69, 9.17) is 18.5 Å². The Morgan fingerprint density at radius 2 is 0.887 bits per heavy atom. The normalized spacial score (nSPS) is 13.8. The molecule has 0 aliphatic heterocycles. The number of rotatable bonds is 46. The highest BCUT2D eigenvalue weighted by Gasteiger charge is 2.27. The van der Waals surface area contributed by atoms with Crippen molar-refractivity contribution in [1.82, 2.24) is 0 Å². The maximum Gasteiger partial charge on any atom is 0.472 e. The number of carbonyl (C=O) groups excluding carboxylic acids is 2. The molecule has 0 saturated heterocycles. The summed E-state index contributed by atoms with van der Waals surface area (Å²) in [5, 5.41) is 0. The fourth-order valence-corrected chi connectivity index (χ4v) is 7.57. The van der Waals surface area contributed by atoms with Crippen molar-refractivity contribution < 1.29 is 42.1 Å². The van der Waals surface area contributed by atoms with Gasteiger partial charge in [0.1, 0.15) is 19.8 Å². The van der Waals surface area contributed by atoms with E-state index in [0.717, 1.165) is 77.0 Å². The summed E-state index contributed by atoms with van der Waals surface area (Å²) < 4.78 is 34.4. The summed E-state index contributed by atoms with van der Waals surface area (Å²) in [4.78, 5) is 35.4. The van der Waals surface area contributed by atoms with Gasteiger partial charge >= 0.3 is 19.8 Å². The van der Waals surface area contributed by atoms with Crippen LogP contribution in [0.15, 0.2) is 48.6 Å². The van der Waals surface area contributed by atoms with Gasteiger partial charge in [0, 0.05) is 12.8 Å². The number of hydrogen-bond donors (Lipinski definition) is 1. The summed E-state index contributed by atoms with van der Waals surface area (Å²) in [6.07, 6.45) is 53.2. The first-order chi connectivity index (χ1) is 30.0. The zero-order valence-corrected chi connectivity index (χ0v) is 41.7. The zero-order chi connectivity index (χ0) is 45.7. The van der Waals surface area contributed by atoms with Gasteiger partial charge in [-0.25, -0.2) is 4.57 Å². The van der Waals surface area contributed by atoms with Gasteiger partial charge in [-0.1, -0.05) is 184 Å². The first-order valence-corrected chi connectivity index (χ1v) is 26.9. The molecule has 0 spiro atoms. The number of unbranched alkanes of at least 4 members (excludes halogenated alkanes) is 24. The van der Waals surface area contributed by atoms with Gasteiger partial charge in [-0.3, -0.25) is 18.6 Å². The molecule has 0 aromatic heterocycles. The van der Waals surface area contributed by atoms with Crippen LogP contribution in [0.3, 0.4) is 0 Å². The molecule has 0 aromatic carbocycles. The van der Waals surface area contributed by atoms with E-state index < -0.39 is 26.5 Å². The molecule has 0 aliphatic carbocycles. The van der Waals surface area contributed by atoms with E-state index in [1.165, 1.54) is 109 Å². The minimum Gasteiger partial charge on any atom is -0.462 e. The molecular weight excluding hydrogens is 798 g/mol. The van der Waals surface area contributed by atoms with Gasteiger partial charge < -0.3 is 18.9 Å². The monoisotopic (exact) mass is 895 g/mol. The Balaban J connectivity index is 4.15. The molecular formula is C52H97NO8P+. The van der Waals surface area contributed by atoms with Crippen molar-refractivity contribution in [3.05, 3.63) is 48.6 Å². The molecule has 0 amide bonds. The van der Waals surface area contributed by atoms with E-state index >= 15 is 0 Å². The van der Waals surface area contributed by atoms with Gasteiger partial charge in [0.05, 0.1) is 27.7 Å². The van der Waals surface area contributed by atoms with Crippen LogP contribution >= 0.6 is 7.82 Å². The number of quaternary nitrogens is 1. The summed E-state index contributed by atoms with van der Waals surface area (Å²) in [7, 11) is 1.47. The highest BCUT2D eigenvalue weighted by atomic mass is 31.2. The molecule has 62 heavy (non-hydrogen) atoms. The molecule has 0 saturated carbocycles. The number of ether oxygens (including phenoxy) is 2. The van der Waals surface area contributed by atoms with Crippen molar-refractivity contribution in [3.8, 4) is 0 Å². The summed E-state index contributed by atoms with van der Waals surface area (Å²) in [5.74, 6) is -0.810. The number of phosphoric ester groups is 1. The molecule has 362 valence electrons. The predicted molar refractivity (Wildman–Crippen MR) is 261 cm³/mol. The van der Waals surface area contributed by atoms with E-state index in [1.807, 2.05) is 21.1 Å². The fourth-order valence-electron chi connectivity index (χ4n) is 6.83. The molecule has 0 radical (unpaired) electrons. The van der Waals surface area contributed by atoms with Crippen LogP contribution in [0.5, 0.6) is 0 Å². The quantitative estimate of drug-likeness (QED) is 0.0212. The maximum absolute atomic E-state index is 12.7. The van der Waals surface area contributed by atoms with E-state index in [-0.39, 0.29) is 32.0 Å². The molecule has 0 aliphatic rings. The number of phosphoric acid groups is 1. The van der Waals surface area contributed by atoms with E-state index in [2.05, 4.69) is 62.5 Å². The number of allylic oxidation sites excluding steroid dienone is 8. The Bertz CT molecular complexity index is 1190. The van der Waals surface area contributed by atoms with Gasteiger partial charge in [-0.2, -0.15) is 0 Å². The van der Waals surface area contributed by atoms with Crippen LogP contribution in [0.4, 0.5) is 0 Å². The van der Waals surface area contributed by atoms with Crippen LogP contribution in [-0.2, 0) is 32.7 Å². The third-order valence-electron chi connectivity index (χ3n) is 10.8. The first-order valence-electron chi connectivity index (χ1n) is 25.4. The molecule has 0 heterocycles. The molecule has 9 nitrogen and oxygen atoms in total. The predicted octanol–water partition coefficient (Wildman–Crippen LogP) is 15.0. The standard InChI is InChI=1S/C52H96NO8P/c1-6-8-10-12-14-16-18-19-20-21-22-23-24-25-26-27-28-29-30-31-32-33-35-37-39-41-43-45-52(55)61-50(49-60-62(56,57)59-47-46-53(3,4)5)48-58-51(54)44-42-40-38-36-34-17-15-13-11-9-7-2/h13,15,18-19,21-22,24-25,50H,6-12,14,16-17,20,23,26-49H2,1-5H3/p+1/b15-13-,19-18-,22-21-,25-24-. The number of likely N-dealkylation sites (N-methyl/N-ethyl adjacent to an activating group) is 1. The van der Waals surface area contributed by atoms with Crippen molar-refractivity contribution in [2.75, 3.05) is 47.5 Å². The molecule has 0 bridgehead atoms. The Hall–Kier alpha value is -2.03. The van der Waals surface area contributed by atoms with Crippen molar-refractivity contribution in [3.63, 3.8) is 0 Å². The Morgan fingerprint density at radius 1 is 0.500 bits per heavy atom. The smallest absolute Gasteiger partial charge is 0.462 e. The van der Waals surface area contributed by atoms with Crippen molar-refractivity contribution in [2.24, 2.45) is 0 Å². The minimum absolute atomic E-state index is 0.0294. The third-order valence-corrected chi connectivity index (χ3v) is 11.8. The number of nitrogens with zero attached hydrogens (tertiary/aromatic N) is 1. The van der Waals surface area contributed by atoms with Gasteiger partial charge in [-0.05, 0) is 70.6 Å².